The van der Waals surface area contributed by atoms with Crippen LogP contribution in [-0.2, 0) is 4.79 Å². The zero-order valence-corrected chi connectivity index (χ0v) is 16.7. The average molecular weight is 384 g/mol. The molecule has 0 bridgehead atoms. The lowest BCUT2D eigenvalue weighted by Gasteiger charge is -2.31. The fourth-order valence-electron chi connectivity index (χ4n) is 3.31. The van der Waals surface area contributed by atoms with Crippen LogP contribution in [0.1, 0.15) is 37.2 Å². The predicted octanol–water partition coefficient (Wildman–Crippen LogP) is 2.51. The van der Waals surface area contributed by atoms with E-state index >= 15 is 0 Å². The van der Waals surface area contributed by atoms with Gasteiger partial charge in [-0.05, 0) is 30.9 Å². The Hall–Kier alpha value is -2.83. The van der Waals surface area contributed by atoms with Crippen LogP contribution in [0.3, 0.4) is 0 Å². The van der Waals surface area contributed by atoms with Crippen LogP contribution in [0.2, 0.25) is 0 Å². The molecule has 1 aliphatic heterocycles. The second-order valence-electron chi connectivity index (χ2n) is 7.53. The number of ether oxygens (including phenoxy) is 1. The fourth-order valence-corrected chi connectivity index (χ4v) is 3.31. The van der Waals surface area contributed by atoms with E-state index in [1.165, 1.54) is 0 Å². The second kappa shape index (κ2) is 8.91. The lowest BCUT2D eigenvalue weighted by atomic mass is 9.97. The van der Waals surface area contributed by atoms with Crippen molar-refractivity contribution in [3.05, 3.63) is 42.2 Å². The summed E-state index contributed by atoms with van der Waals surface area (Å²) >= 11 is 0. The average Bonchev–Trinajstić information content (AvgIpc) is 3.16. The van der Waals surface area contributed by atoms with Gasteiger partial charge in [-0.2, -0.15) is 5.10 Å². The molecule has 3 rings (SSSR count). The molecule has 2 amide bonds. The standard InChI is InChI=1S/C21H28N4O3/c1-15(2)14-28-18-13-25(17-9-5-4-6-10-17)23-19(18)21(27)24-11-7-8-16(12-24)20(26)22-3/h4-6,9-10,13,15-16H,7-8,11-12,14H2,1-3H3,(H,22,26). The third kappa shape index (κ3) is 4.52. The molecule has 1 fully saturated rings. The van der Waals surface area contributed by atoms with Gasteiger partial charge in [-0.25, -0.2) is 4.68 Å². The molecule has 0 saturated carbocycles. The minimum Gasteiger partial charge on any atom is -0.489 e. The molecule has 1 saturated heterocycles. The summed E-state index contributed by atoms with van der Waals surface area (Å²) in [5.74, 6) is 0.407. The van der Waals surface area contributed by atoms with E-state index in [1.54, 1.807) is 22.8 Å². The first-order chi connectivity index (χ1) is 13.5. The van der Waals surface area contributed by atoms with Crippen LogP contribution < -0.4 is 10.1 Å². The van der Waals surface area contributed by atoms with E-state index in [-0.39, 0.29) is 17.7 Å². The largest absolute Gasteiger partial charge is 0.489 e. The number of para-hydroxylation sites is 1. The third-order valence-electron chi connectivity index (χ3n) is 4.80. The Morgan fingerprint density at radius 2 is 2.04 bits per heavy atom. The number of aromatic nitrogens is 2. The van der Waals surface area contributed by atoms with Crippen molar-refractivity contribution in [1.29, 1.82) is 0 Å². The number of piperidine rings is 1. The highest BCUT2D eigenvalue weighted by atomic mass is 16.5. The van der Waals surface area contributed by atoms with Gasteiger partial charge >= 0.3 is 0 Å². The molecule has 0 aliphatic carbocycles. The summed E-state index contributed by atoms with van der Waals surface area (Å²) in [4.78, 5) is 26.9. The van der Waals surface area contributed by atoms with Crippen molar-refractivity contribution in [3.8, 4) is 11.4 Å². The number of nitrogens with zero attached hydrogens (tertiary/aromatic N) is 3. The zero-order chi connectivity index (χ0) is 20.1. The molecule has 1 aromatic heterocycles. The van der Waals surface area contributed by atoms with Crippen LogP contribution in [0.15, 0.2) is 36.5 Å². The highest BCUT2D eigenvalue weighted by molar-refractivity contribution is 5.95. The Kier molecular flexibility index (Phi) is 6.34. The predicted molar refractivity (Wildman–Crippen MR) is 107 cm³/mol. The van der Waals surface area contributed by atoms with Crippen molar-refractivity contribution >= 4 is 11.8 Å². The second-order valence-corrected chi connectivity index (χ2v) is 7.53. The maximum atomic E-state index is 13.2. The highest BCUT2D eigenvalue weighted by Crippen LogP contribution is 2.25. The molecule has 1 N–H and O–H groups in total. The van der Waals surface area contributed by atoms with Gasteiger partial charge in [-0.1, -0.05) is 32.0 Å². The molecule has 2 heterocycles. The number of rotatable bonds is 6. The van der Waals surface area contributed by atoms with E-state index in [0.717, 1.165) is 18.5 Å². The van der Waals surface area contributed by atoms with Gasteiger partial charge in [0.2, 0.25) is 5.91 Å². The Labute approximate surface area is 165 Å². The minimum atomic E-state index is -0.193. The normalized spacial score (nSPS) is 16.9. The number of hydrogen-bond donors (Lipinski definition) is 1. The van der Waals surface area contributed by atoms with Crippen molar-refractivity contribution in [3.63, 3.8) is 0 Å². The van der Waals surface area contributed by atoms with Crippen LogP contribution in [0.25, 0.3) is 5.69 Å². The Morgan fingerprint density at radius 3 is 2.71 bits per heavy atom. The smallest absolute Gasteiger partial charge is 0.278 e. The summed E-state index contributed by atoms with van der Waals surface area (Å²) in [6.45, 7) is 5.64. The number of amides is 2. The van der Waals surface area contributed by atoms with E-state index in [2.05, 4.69) is 24.3 Å². The molecule has 1 unspecified atom stereocenters. The molecule has 7 heteroatoms. The molecule has 1 aliphatic rings. The van der Waals surface area contributed by atoms with Gasteiger partial charge in [-0.15, -0.1) is 0 Å². The number of likely N-dealkylation sites (tertiary alicyclic amines) is 1. The van der Waals surface area contributed by atoms with Crippen molar-refractivity contribution in [2.75, 3.05) is 26.7 Å². The summed E-state index contributed by atoms with van der Waals surface area (Å²) in [7, 11) is 1.63. The van der Waals surface area contributed by atoms with Crippen molar-refractivity contribution < 1.29 is 14.3 Å². The first-order valence-corrected chi connectivity index (χ1v) is 9.78. The topological polar surface area (TPSA) is 76.5 Å². The third-order valence-corrected chi connectivity index (χ3v) is 4.80. The number of hydrogen-bond acceptors (Lipinski definition) is 4. The summed E-state index contributed by atoms with van der Waals surface area (Å²) < 4.78 is 7.57. The summed E-state index contributed by atoms with van der Waals surface area (Å²) in [5.41, 5.74) is 1.15. The number of carbonyl (C=O) groups is 2. The van der Waals surface area contributed by atoms with Crippen molar-refractivity contribution in [2.45, 2.75) is 26.7 Å². The molecule has 7 nitrogen and oxygen atoms in total. The van der Waals surface area contributed by atoms with Gasteiger partial charge in [0.05, 0.1) is 24.4 Å². The van der Waals surface area contributed by atoms with Crippen LogP contribution in [0.5, 0.6) is 5.75 Å². The monoisotopic (exact) mass is 384 g/mol. The highest BCUT2D eigenvalue weighted by Gasteiger charge is 2.31. The van der Waals surface area contributed by atoms with Crippen LogP contribution in [0.4, 0.5) is 0 Å². The molecule has 0 radical (unpaired) electrons. The zero-order valence-electron chi connectivity index (χ0n) is 16.7. The summed E-state index contributed by atoms with van der Waals surface area (Å²) in [5, 5.41) is 7.21. The summed E-state index contributed by atoms with van der Waals surface area (Å²) in [6.07, 6.45) is 3.34. The van der Waals surface area contributed by atoms with E-state index in [0.29, 0.717) is 37.1 Å². The maximum Gasteiger partial charge on any atom is 0.278 e. The van der Waals surface area contributed by atoms with Gasteiger partial charge in [0, 0.05) is 20.1 Å². The van der Waals surface area contributed by atoms with Crippen LogP contribution in [-0.4, -0.2) is 53.2 Å². The molecule has 1 aromatic carbocycles. The lowest BCUT2D eigenvalue weighted by Crippen LogP contribution is -2.45. The Balaban J connectivity index is 1.86. The maximum absolute atomic E-state index is 13.2. The van der Waals surface area contributed by atoms with E-state index in [4.69, 9.17) is 4.74 Å². The summed E-state index contributed by atoms with van der Waals surface area (Å²) in [6, 6.07) is 9.63. The molecule has 150 valence electrons. The van der Waals surface area contributed by atoms with E-state index in [1.807, 2.05) is 30.3 Å². The Bertz CT molecular complexity index is 816. The van der Waals surface area contributed by atoms with Gasteiger partial charge < -0.3 is 15.0 Å². The van der Waals surface area contributed by atoms with Crippen molar-refractivity contribution in [2.24, 2.45) is 11.8 Å². The van der Waals surface area contributed by atoms with Gasteiger partial charge in [0.1, 0.15) is 0 Å². The minimum absolute atomic E-state index is 0.0244. The number of nitrogens with one attached hydrogen (secondary N) is 1. The van der Waals surface area contributed by atoms with Crippen LogP contribution >= 0.6 is 0 Å². The van der Waals surface area contributed by atoms with E-state index < -0.39 is 0 Å². The number of benzene rings is 1. The Morgan fingerprint density at radius 1 is 1.29 bits per heavy atom. The molecule has 2 aromatic rings. The van der Waals surface area contributed by atoms with E-state index in [9.17, 15) is 9.59 Å². The quantitative estimate of drug-likeness (QED) is 0.830. The van der Waals surface area contributed by atoms with Crippen molar-refractivity contribution in [1.82, 2.24) is 20.0 Å². The molecule has 28 heavy (non-hydrogen) atoms. The number of carbonyl (C=O) groups excluding carboxylic acids is 2. The van der Waals surface area contributed by atoms with Crippen LogP contribution in [0, 0.1) is 11.8 Å². The molecular weight excluding hydrogens is 356 g/mol. The first-order valence-electron chi connectivity index (χ1n) is 9.78. The lowest BCUT2D eigenvalue weighted by molar-refractivity contribution is -0.125. The van der Waals surface area contributed by atoms with Gasteiger partial charge in [0.15, 0.2) is 11.4 Å². The first kappa shape index (κ1) is 19.9. The van der Waals surface area contributed by atoms with Gasteiger partial charge in [0.25, 0.3) is 5.91 Å². The fraction of sp³-hybridized carbons (Fsp3) is 0.476. The van der Waals surface area contributed by atoms with Gasteiger partial charge in [-0.3, -0.25) is 9.59 Å². The molecule has 1 atom stereocenters. The SMILES string of the molecule is CNC(=O)C1CCCN(C(=O)c2nn(-c3ccccc3)cc2OCC(C)C)C1. The molecular formula is C21H28N4O3. The molecule has 0 spiro atoms.